The van der Waals surface area contributed by atoms with E-state index in [4.69, 9.17) is 15.9 Å². The maximum Gasteiger partial charge on any atom is 0.220 e. The second-order valence-electron chi connectivity index (χ2n) is 4.24. The molecule has 1 heterocycles. The molecule has 98 valence electrons. The van der Waals surface area contributed by atoms with Crippen LogP contribution in [0.3, 0.4) is 0 Å². The zero-order chi connectivity index (χ0) is 14.0. The summed E-state index contributed by atoms with van der Waals surface area (Å²) in [5.74, 6) is -0.183. The van der Waals surface area contributed by atoms with Crippen molar-refractivity contribution in [3.63, 3.8) is 0 Å². The third-order valence-corrected chi connectivity index (χ3v) is 2.61. The molecule has 0 aliphatic heterocycles. The number of rotatable bonds is 3. The van der Waals surface area contributed by atoms with E-state index < -0.39 is 5.82 Å². The van der Waals surface area contributed by atoms with E-state index in [1.807, 2.05) is 0 Å². The molecule has 0 aliphatic carbocycles. The van der Waals surface area contributed by atoms with Gasteiger partial charge in [-0.2, -0.15) is 0 Å². The molecule has 0 saturated carbocycles. The van der Waals surface area contributed by atoms with Crippen LogP contribution in [-0.4, -0.2) is 10.8 Å². The highest BCUT2D eigenvalue weighted by Gasteiger charge is 2.09. The van der Waals surface area contributed by atoms with Crippen molar-refractivity contribution in [1.82, 2.24) is 4.98 Å². The minimum absolute atomic E-state index is 0.0833. The SMILES string of the molecule is Cc1cc(C(=N)N)cc(Oc2cccc(C)c2F)n1. The Hall–Kier alpha value is -2.43. The molecule has 3 N–H and O–H groups in total. The molecule has 5 heteroatoms. The van der Waals surface area contributed by atoms with Crippen molar-refractivity contribution in [2.45, 2.75) is 13.8 Å². The quantitative estimate of drug-likeness (QED) is 0.657. The van der Waals surface area contributed by atoms with Gasteiger partial charge in [-0.3, -0.25) is 5.41 Å². The Labute approximate surface area is 110 Å². The molecule has 1 aromatic carbocycles. The molecule has 0 saturated heterocycles. The highest BCUT2D eigenvalue weighted by Crippen LogP contribution is 2.25. The number of aromatic nitrogens is 1. The summed E-state index contributed by atoms with van der Waals surface area (Å²) in [4.78, 5) is 4.14. The Kier molecular flexibility index (Phi) is 3.46. The lowest BCUT2D eigenvalue weighted by molar-refractivity contribution is 0.424. The molecule has 0 radical (unpaired) electrons. The molecule has 4 nitrogen and oxygen atoms in total. The average Bonchev–Trinajstić information content (AvgIpc) is 2.34. The van der Waals surface area contributed by atoms with Crippen LogP contribution in [0.5, 0.6) is 11.6 Å². The van der Waals surface area contributed by atoms with Crippen LogP contribution in [0.1, 0.15) is 16.8 Å². The number of pyridine rings is 1. The number of nitrogens with zero attached hydrogens (tertiary/aromatic N) is 1. The van der Waals surface area contributed by atoms with Crippen LogP contribution >= 0.6 is 0 Å². The summed E-state index contributed by atoms with van der Waals surface area (Å²) in [5.41, 5.74) is 7.07. The Morgan fingerprint density at radius 3 is 2.74 bits per heavy atom. The fraction of sp³-hybridized carbons (Fsp3) is 0.143. The monoisotopic (exact) mass is 259 g/mol. The fourth-order valence-electron chi connectivity index (χ4n) is 1.66. The lowest BCUT2D eigenvalue weighted by Gasteiger charge is -2.09. The van der Waals surface area contributed by atoms with E-state index in [9.17, 15) is 4.39 Å². The number of aryl methyl sites for hydroxylation is 2. The van der Waals surface area contributed by atoms with E-state index in [-0.39, 0.29) is 17.5 Å². The molecular weight excluding hydrogens is 245 g/mol. The maximum absolute atomic E-state index is 13.8. The Bertz CT molecular complexity index is 641. The van der Waals surface area contributed by atoms with E-state index in [1.54, 1.807) is 32.0 Å². The van der Waals surface area contributed by atoms with E-state index in [2.05, 4.69) is 4.98 Å². The van der Waals surface area contributed by atoms with Gasteiger partial charge in [0.25, 0.3) is 0 Å². The topological polar surface area (TPSA) is 72.0 Å². The molecule has 19 heavy (non-hydrogen) atoms. The number of nitrogens with two attached hydrogens (primary N) is 1. The number of hydrogen-bond acceptors (Lipinski definition) is 3. The molecule has 0 bridgehead atoms. The third-order valence-electron chi connectivity index (χ3n) is 2.61. The fourth-order valence-corrected chi connectivity index (χ4v) is 1.66. The summed E-state index contributed by atoms with van der Waals surface area (Å²) in [6, 6.07) is 8.07. The van der Waals surface area contributed by atoms with Crippen LogP contribution in [0.2, 0.25) is 0 Å². The van der Waals surface area contributed by atoms with Gasteiger partial charge in [0, 0.05) is 17.3 Å². The van der Waals surface area contributed by atoms with E-state index in [1.165, 1.54) is 12.1 Å². The summed E-state index contributed by atoms with van der Waals surface area (Å²) in [7, 11) is 0. The smallest absolute Gasteiger partial charge is 0.220 e. The standard InChI is InChI=1S/C14H14FN3O/c1-8-4-3-5-11(13(8)15)19-12-7-10(14(16)17)6-9(2)18-12/h3-7H,1-2H3,(H3,16,17). The zero-order valence-electron chi connectivity index (χ0n) is 10.7. The molecule has 0 amide bonds. The molecule has 0 fully saturated rings. The molecule has 2 aromatic rings. The lowest BCUT2D eigenvalue weighted by Crippen LogP contribution is -2.11. The predicted molar refractivity (Wildman–Crippen MR) is 71.2 cm³/mol. The lowest BCUT2D eigenvalue weighted by atomic mass is 10.2. The summed E-state index contributed by atoms with van der Waals surface area (Å²) in [6.07, 6.45) is 0. The van der Waals surface area contributed by atoms with Gasteiger partial charge in [-0.15, -0.1) is 0 Å². The molecule has 2 rings (SSSR count). The van der Waals surface area contributed by atoms with Gasteiger partial charge in [0.05, 0.1) is 0 Å². The Balaban J connectivity index is 2.38. The average molecular weight is 259 g/mol. The number of nitrogen functional groups attached to an aromatic ring is 1. The first kappa shape index (κ1) is 13.0. The van der Waals surface area contributed by atoms with Gasteiger partial charge in [0.2, 0.25) is 5.88 Å². The number of hydrogen-bond donors (Lipinski definition) is 2. The number of halogens is 1. The van der Waals surface area contributed by atoms with Crippen molar-refractivity contribution in [2.24, 2.45) is 5.73 Å². The van der Waals surface area contributed by atoms with Gasteiger partial charge >= 0.3 is 0 Å². The van der Waals surface area contributed by atoms with E-state index in [0.29, 0.717) is 16.8 Å². The van der Waals surface area contributed by atoms with Gasteiger partial charge in [0.1, 0.15) is 5.84 Å². The molecule has 0 atom stereocenters. The van der Waals surface area contributed by atoms with E-state index >= 15 is 0 Å². The molecule has 1 aromatic heterocycles. The highest BCUT2D eigenvalue weighted by atomic mass is 19.1. The van der Waals surface area contributed by atoms with Crippen LogP contribution in [0.4, 0.5) is 4.39 Å². The van der Waals surface area contributed by atoms with Crippen molar-refractivity contribution in [1.29, 1.82) is 5.41 Å². The van der Waals surface area contributed by atoms with Gasteiger partial charge < -0.3 is 10.5 Å². The summed E-state index contributed by atoms with van der Waals surface area (Å²) in [6.45, 7) is 3.42. The Morgan fingerprint density at radius 1 is 1.32 bits per heavy atom. The molecule has 0 spiro atoms. The Morgan fingerprint density at radius 2 is 2.05 bits per heavy atom. The number of ether oxygens (including phenoxy) is 1. The first-order valence-corrected chi connectivity index (χ1v) is 5.73. The van der Waals surface area contributed by atoms with Crippen molar-refractivity contribution < 1.29 is 9.13 Å². The van der Waals surface area contributed by atoms with Crippen LogP contribution in [-0.2, 0) is 0 Å². The molecule has 0 aliphatic rings. The van der Waals surface area contributed by atoms with Gasteiger partial charge in [-0.05, 0) is 31.5 Å². The summed E-state index contributed by atoms with van der Waals surface area (Å²) >= 11 is 0. The first-order valence-electron chi connectivity index (χ1n) is 5.73. The largest absolute Gasteiger partial charge is 0.436 e. The minimum atomic E-state index is -0.421. The van der Waals surface area contributed by atoms with Crippen LogP contribution in [0, 0.1) is 25.1 Å². The highest BCUT2D eigenvalue weighted by molar-refractivity contribution is 5.95. The maximum atomic E-state index is 13.8. The van der Waals surface area contributed by atoms with Crippen molar-refractivity contribution in [3.05, 3.63) is 53.0 Å². The van der Waals surface area contributed by atoms with Crippen molar-refractivity contribution in [2.75, 3.05) is 0 Å². The predicted octanol–water partition coefficient (Wildman–Crippen LogP) is 2.91. The second-order valence-corrected chi connectivity index (χ2v) is 4.24. The van der Waals surface area contributed by atoms with Crippen LogP contribution < -0.4 is 10.5 Å². The number of benzene rings is 1. The first-order chi connectivity index (χ1) is 8.97. The second kappa shape index (κ2) is 5.06. The third kappa shape index (κ3) is 2.88. The zero-order valence-corrected chi connectivity index (χ0v) is 10.7. The minimum Gasteiger partial charge on any atom is -0.436 e. The van der Waals surface area contributed by atoms with Crippen molar-refractivity contribution >= 4 is 5.84 Å². The van der Waals surface area contributed by atoms with Gasteiger partial charge in [0.15, 0.2) is 11.6 Å². The summed E-state index contributed by atoms with van der Waals surface area (Å²) < 4.78 is 19.3. The van der Waals surface area contributed by atoms with Crippen LogP contribution in [0.25, 0.3) is 0 Å². The summed E-state index contributed by atoms with van der Waals surface area (Å²) in [5, 5.41) is 7.41. The molecular formula is C14H14FN3O. The van der Waals surface area contributed by atoms with Gasteiger partial charge in [-0.1, -0.05) is 12.1 Å². The number of nitrogens with one attached hydrogen (secondary N) is 1. The van der Waals surface area contributed by atoms with Crippen molar-refractivity contribution in [3.8, 4) is 11.6 Å². The molecule has 0 unspecified atom stereocenters. The normalized spacial score (nSPS) is 10.3. The van der Waals surface area contributed by atoms with E-state index in [0.717, 1.165) is 0 Å². The van der Waals surface area contributed by atoms with Crippen LogP contribution in [0.15, 0.2) is 30.3 Å². The number of amidine groups is 1. The van der Waals surface area contributed by atoms with Gasteiger partial charge in [-0.25, -0.2) is 9.37 Å².